The molecular formula is C16H24N4. The molecule has 1 aromatic heterocycles. The molecule has 20 heavy (non-hydrogen) atoms. The van der Waals surface area contributed by atoms with E-state index in [2.05, 4.69) is 54.6 Å². The number of benzene rings is 1. The minimum Gasteiger partial charge on any atom is -0.308 e. The highest BCUT2D eigenvalue weighted by molar-refractivity contribution is 5.30. The van der Waals surface area contributed by atoms with Gasteiger partial charge < -0.3 is 5.32 Å². The summed E-state index contributed by atoms with van der Waals surface area (Å²) in [4.78, 5) is 0. The maximum absolute atomic E-state index is 4.05. The first-order valence-corrected chi connectivity index (χ1v) is 7.26. The molecule has 2 aromatic rings. The van der Waals surface area contributed by atoms with Gasteiger partial charge in [0.2, 0.25) is 0 Å². The summed E-state index contributed by atoms with van der Waals surface area (Å²) in [5.41, 5.74) is 5.17. The van der Waals surface area contributed by atoms with Crippen molar-refractivity contribution in [2.45, 2.75) is 39.7 Å². The van der Waals surface area contributed by atoms with Crippen LogP contribution in [0.15, 0.2) is 24.4 Å². The molecule has 0 bridgehead atoms. The molecule has 0 amide bonds. The second-order valence-corrected chi connectivity index (χ2v) is 5.41. The Morgan fingerprint density at radius 2 is 2.05 bits per heavy atom. The lowest BCUT2D eigenvalue weighted by atomic mass is 9.99. The zero-order valence-corrected chi connectivity index (χ0v) is 12.8. The lowest BCUT2D eigenvalue weighted by molar-refractivity contribution is 0.492. The topological polar surface area (TPSA) is 42.7 Å². The fraction of sp³-hybridized carbons (Fsp3) is 0.500. The van der Waals surface area contributed by atoms with Crippen LogP contribution < -0.4 is 5.32 Å². The summed E-state index contributed by atoms with van der Waals surface area (Å²) in [5, 5.41) is 11.6. The van der Waals surface area contributed by atoms with Crippen LogP contribution in [0, 0.1) is 13.8 Å². The van der Waals surface area contributed by atoms with Crippen LogP contribution in [0.25, 0.3) is 0 Å². The maximum atomic E-state index is 4.05. The Morgan fingerprint density at radius 3 is 2.65 bits per heavy atom. The Labute approximate surface area is 121 Å². The summed E-state index contributed by atoms with van der Waals surface area (Å²) in [6, 6.07) is 6.95. The summed E-state index contributed by atoms with van der Waals surface area (Å²) in [5.74, 6) is 0. The SMILES string of the molecule is CCCNC(Cc1ccc(C)c(C)c1)c1cnnn1C. The van der Waals surface area contributed by atoms with E-state index in [1.54, 1.807) is 0 Å². The molecule has 0 aliphatic rings. The van der Waals surface area contributed by atoms with Gasteiger partial charge in [-0.15, -0.1) is 5.10 Å². The highest BCUT2D eigenvalue weighted by Gasteiger charge is 2.15. The second-order valence-electron chi connectivity index (χ2n) is 5.41. The van der Waals surface area contributed by atoms with Crippen molar-refractivity contribution in [1.82, 2.24) is 20.3 Å². The average Bonchev–Trinajstić information content (AvgIpc) is 2.85. The van der Waals surface area contributed by atoms with Gasteiger partial charge in [-0.05, 0) is 49.9 Å². The molecule has 0 radical (unpaired) electrons. The molecule has 4 nitrogen and oxygen atoms in total. The highest BCUT2D eigenvalue weighted by Crippen LogP contribution is 2.19. The molecule has 0 fully saturated rings. The van der Waals surface area contributed by atoms with E-state index in [0.717, 1.165) is 25.1 Å². The van der Waals surface area contributed by atoms with Crippen LogP contribution in [-0.2, 0) is 13.5 Å². The molecule has 0 spiro atoms. The number of rotatable bonds is 6. The average molecular weight is 272 g/mol. The standard InChI is InChI=1S/C16H24N4/c1-5-8-17-15(16-11-18-19-20(16)4)10-14-7-6-12(2)13(3)9-14/h6-7,9,11,15,17H,5,8,10H2,1-4H3. The van der Waals surface area contributed by atoms with Crippen molar-refractivity contribution in [1.29, 1.82) is 0 Å². The number of nitrogens with one attached hydrogen (secondary N) is 1. The van der Waals surface area contributed by atoms with Gasteiger partial charge in [0.05, 0.1) is 17.9 Å². The van der Waals surface area contributed by atoms with E-state index in [-0.39, 0.29) is 6.04 Å². The van der Waals surface area contributed by atoms with Crippen LogP contribution in [0.3, 0.4) is 0 Å². The van der Waals surface area contributed by atoms with Gasteiger partial charge in [-0.1, -0.05) is 30.3 Å². The van der Waals surface area contributed by atoms with E-state index in [1.807, 2.05) is 17.9 Å². The van der Waals surface area contributed by atoms with E-state index >= 15 is 0 Å². The molecule has 0 saturated heterocycles. The Morgan fingerprint density at radius 1 is 1.25 bits per heavy atom. The molecule has 0 aliphatic heterocycles. The Bertz CT molecular complexity index is 559. The van der Waals surface area contributed by atoms with Crippen LogP contribution in [0.1, 0.15) is 41.8 Å². The molecule has 1 atom stereocenters. The third-order valence-corrected chi connectivity index (χ3v) is 3.76. The molecule has 4 heteroatoms. The Kier molecular flexibility index (Phi) is 4.90. The van der Waals surface area contributed by atoms with Gasteiger partial charge in [-0.3, -0.25) is 4.68 Å². The van der Waals surface area contributed by atoms with Crippen molar-refractivity contribution in [2.24, 2.45) is 7.05 Å². The van der Waals surface area contributed by atoms with Gasteiger partial charge in [0.25, 0.3) is 0 Å². The minimum absolute atomic E-state index is 0.261. The molecule has 1 heterocycles. The van der Waals surface area contributed by atoms with Crippen LogP contribution >= 0.6 is 0 Å². The normalized spacial score (nSPS) is 12.6. The fourth-order valence-corrected chi connectivity index (χ4v) is 2.38. The predicted octanol–water partition coefficient (Wildman–Crippen LogP) is 2.72. The largest absolute Gasteiger partial charge is 0.308 e. The van der Waals surface area contributed by atoms with Crippen LogP contribution in [-0.4, -0.2) is 21.5 Å². The fourth-order valence-electron chi connectivity index (χ4n) is 2.38. The number of aromatic nitrogens is 3. The lowest BCUT2D eigenvalue weighted by Crippen LogP contribution is -2.26. The number of hydrogen-bond donors (Lipinski definition) is 1. The molecule has 0 aliphatic carbocycles. The van der Waals surface area contributed by atoms with Crippen molar-refractivity contribution >= 4 is 0 Å². The number of nitrogens with zero attached hydrogens (tertiary/aromatic N) is 3. The van der Waals surface area contributed by atoms with E-state index in [1.165, 1.54) is 16.7 Å². The zero-order valence-electron chi connectivity index (χ0n) is 12.8. The van der Waals surface area contributed by atoms with E-state index in [0.29, 0.717) is 0 Å². The quantitative estimate of drug-likeness (QED) is 0.879. The van der Waals surface area contributed by atoms with E-state index in [9.17, 15) is 0 Å². The summed E-state index contributed by atoms with van der Waals surface area (Å²) in [7, 11) is 1.95. The molecular weight excluding hydrogens is 248 g/mol. The van der Waals surface area contributed by atoms with Crippen molar-refractivity contribution in [3.63, 3.8) is 0 Å². The minimum atomic E-state index is 0.261. The first kappa shape index (κ1) is 14.7. The molecule has 1 aromatic carbocycles. The van der Waals surface area contributed by atoms with Gasteiger partial charge in [0, 0.05) is 7.05 Å². The van der Waals surface area contributed by atoms with Crippen molar-refractivity contribution in [3.8, 4) is 0 Å². The van der Waals surface area contributed by atoms with Crippen molar-refractivity contribution in [3.05, 3.63) is 46.8 Å². The van der Waals surface area contributed by atoms with Gasteiger partial charge in [-0.2, -0.15) is 0 Å². The van der Waals surface area contributed by atoms with Crippen LogP contribution in [0.4, 0.5) is 0 Å². The Balaban J connectivity index is 2.19. The van der Waals surface area contributed by atoms with Crippen LogP contribution in [0.5, 0.6) is 0 Å². The predicted molar refractivity (Wildman–Crippen MR) is 81.7 cm³/mol. The first-order chi connectivity index (χ1) is 9.61. The van der Waals surface area contributed by atoms with Crippen molar-refractivity contribution < 1.29 is 0 Å². The number of aryl methyl sites for hydroxylation is 3. The molecule has 0 saturated carbocycles. The van der Waals surface area contributed by atoms with E-state index < -0.39 is 0 Å². The third kappa shape index (κ3) is 3.45. The summed E-state index contributed by atoms with van der Waals surface area (Å²) < 4.78 is 1.86. The highest BCUT2D eigenvalue weighted by atomic mass is 15.4. The van der Waals surface area contributed by atoms with Gasteiger partial charge in [0.15, 0.2) is 0 Å². The van der Waals surface area contributed by atoms with Gasteiger partial charge in [-0.25, -0.2) is 0 Å². The third-order valence-electron chi connectivity index (χ3n) is 3.76. The summed E-state index contributed by atoms with van der Waals surface area (Å²) in [6.45, 7) is 7.50. The Hall–Kier alpha value is -1.68. The monoisotopic (exact) mass is 272 g/mol. The van der Waals surface area contributed by atoms with Crippen LogP contribution in [0.2, 0.25) is 0 Å². The summed E-state index contributed by atoms with van der Waals surface area (Å²) in [6.07, 6.45) is 3.94. The lowest BCUT2D eigenvalue weighted by Gasteiger charge is -2.19. The molecule has 1 N–H and O–H groups in total. The summed E-state index contributed by atoms with van der Waals surface area (Å²) >= 11 is 0. The maximum Gasteiger partial charge on any atom is 0.0756 e. The smallest absolute Gasteiger partial charge is 0.0756 e. The van der Waals surface area contributed by atoms with Gasteiger partial charge >= 0.3 is 0 Å². The van der Waals surface area contributed by atoms with Gasteiger partial charge in [0.1, 0.15) is 0 Å². The second kappa shape index (κ2) is 6.66. The zero-order chi connectivity index (χ0) is 14.5. The molecule has 108 valence electrons. The van der Waals surface area contributed by atoms with Crippen molar-refractivity contribution in [2.75, 3.05) is 6.54 Å². The first-order valence-electron chi connectivity index (χ1n) is 7.26. The molecule has 1 unspecified atom stereocenters. The van der Waals surface area contributed by atoms with E-state index in [4.69, 9.17) is 0 Å². The number of hydrogen-bond acceptors (Lipinski definition) is 3. The molecule has 2 rings (SSSR count).